The molecule has 0 bridgehead atoms. The van der Waals surface area contributed by atoms with Gasteiger partial charge in [-0.1, -0.05) is 180 Å². The van der Waals surface area contributed by atoms with E-state index in [2.05, 4.69) is 35.1 Å². The van der Waals surface area contributed by atoms with Gasteiger partial charge in [-0.2, -0.15) is 0 Å². The second-order valence-electron chi connectivity index (χ2n) is 34.2. The Balaban J connectivity index is 1.30. The number of allylic oxidation sites excluding steroid dienone is 1. The maximum atomic E-state index is 14.0. The fourth-order valence-electron chi connectivity index (χ4n) is 16.9. The van der Waals surface area contributed by atoms with E-state index in [1.165, 1.54) is 102 Å². The lowest BCUT2D eigenvalue weighted by Crippen LogP contribution is -2.72. The van der Waals surface area contributed by atoms with Crippen LogP contribution in [-0.2, 0) is 85.6 Å². The highest BCUT2D eigenvalue weighted by Crippen LogP contribution is 2.43. The Bertz CT molecular complexity index is 3200. The second kappa shape index (κ2) is 56.5. The van der Waals surface area contributed by atoms with Crippen molar-refractivity contribution in [1.82, 2.24) is 21.3 Å². The summed E-state index contributed by atoms with van der Waals surface area (Å²) in [6.07, 6.45) is -32.2. The second-order valence-corrected chi connectivity index (χ2v) is 34.2. The van der Waals surface area contributed by atoms with Crippen LogP contribution < -0.4 is 21.3 Å². The first kappa shape index (κ1) is 111. The van der Waals surface area contributed by atoms with E-state index in [4.69, 9.17) is 56.8 Å². The largest absolute Gasteiger partial charge is 0.477 e. The lowest BCUT2D eigenvalue weighted by Gasteiger charge is -2.53. The van der Waals surface area contributed by atoms with Gasteiger partial charge in [0, 0.05) is 40.0 Å². The smallest absolute Gasteiger partial charge is 0.364 e. The monoisotopic (exact) mass is 1840 g/mol. The number of carboxylic acids is 2. The van der Waals surface area contributed by atoms with Gasteiger partial charge in [0.2, 0.25) is 23.6 Å². The molecule has 25 N–H and O–H groups in total. The molecule has 0 radical (unpaired) electrons. The number of carbonyl (C=O) groups excluding carboxylic acids is 4. The number of rotatable bonds is 59. The van der Waals surface area contributed by atoms with Crippen molar-refractivity contribution >= 4 is 35.6 Å². The zero-order chi connectivity index (χ0) is 93.8. The van der Waals surface area contributed by atoms with E-state index in [-0.39, 0.29) is 6.42 Å². The summed E-state index contributed by atoms with van der Waals surface area (Å²) in [5.41, 5.74) is 0. The molecule has 6 heterocycles. The predicted molar refractivity (Wildman–Crippen MR) is 440 cm³/mol. The Hall–Kier alpha value is -4.68. The minimum absolute atomic E-state index is 0.0952. The predicted octanol–water partition coefficient (Wildman–Crippen LogP) is -3.87. The zero-order valence-corrected chi connectivity index (χ0v) is 73.5. The molecule has 0 aromatic heterocycles. The Morgan fingerprint density at radius 2 is 0.772 bits per heavy atom. The summed E-state index contributed by atoms with van der Waals surface area (Å²) in [6.45, 7) is -0.838. The average molecular weight is 1840 g/mol. The van der Waals surface area contributed by atoms with Crippen LogP contribution in [0.15, 0.2) is 12.2 Å². The molecule has 4 amide bonds. The van der Waals surface area contributed by atoms with Crippen LogP contribution in [0.3, 0.4) is 0 Å². The molecular weight excluding hydrogens is 1690 g/mol. The standard InChI is InChI=1S/C84H148N4O39/c1-6-8-10-12-14-16-18-20-21-23-25-27-29-31-33-35-58(103)88-48(49(98)34-32-30-28-26-24-22-19-17-15-13-11-9-7-2)44-116-78-67(109)66(108)70(56(42-93)119-78)121-80-69(111)76(127-84(82(114)115)37-51(100)60(86-46(4)96)74(125-84)63(105)53(102)39-90)71(57(43-94)120-80)122-77-61(87-47(5)97)72(64(106)54(40-91)117-77)123-79-68(110)75(65(107)55(41-92)118-79)126-83(81(112)113)36-50(99)59(85-45(3)95)73(124-83)62(104)52(101)38-89/h32,34,48-57,59-80,89-94,98-102,104-111H,6-31,33,35-44H2,1-5H3,(H,85,95)(H,86,96)(H,87,97)(H,88,103)(H,112,113)(H,114,115)/t48-,49+,50-,51-,52+,53+,54+,55+,56+,57+,59+,60+,61+,62+,63+,64-,65-,66+,67+,68+,69+,70+,71-,72+,73+,74+,75-,76+,77-,78+,79-,80-,83-,84-/m0/s1. The van der Waals surface area contributed by atoms with Crippen LogP contribution in [0.5, 0.6) is 0 Å². The van der Waals surface area contributed by atoms with E-state index in [9.17, 15) is 136 Å². The number of unbranched alkanes of at least 4 members (excludes halogenated alkanes) is 25. The third-order valence-electron chi connectivity index (χ3n) is 24.1. The highest BCUT2D eigenvalue weighted by Gasteiger charge is 2.64. The molecule has 127 heavy (non-hydrogen) atoms. The number of amides is 4. The van der Waals surface area contributed by atoms with Gasteiger partial charge in [0.05, 0.1) is 82.7 Å². The van der Waals surface area contributed by atoms with Gasteiger partial charge in [0.1, 0.15) is 134 Å². The number of carbonyl (C=O) groups is 6. The summed E-state index contributed by atoms with van der Waals surface area (Å²) in [4.78, 5) is 79.6. The topological polar surface area (TPSA) is 686 Å². The summed E-state index contributed by atoms with van der Waals surface area (Å²) >= 11 is 0. The van der Waals surface area contributed by atoms with Gasteiger partial charge in [-0.05, 0) is 19.3 Å². The summed E-state index contributed by atoms with van der Waals surface area (Å²) < 4.78 is 72.4. The van der Waals surface area contributed by atoms with Gasteiger partial charge < -0.3 is 185 Å². The molecule has 0 aliphatic carbocycles. The van der Waals surface area contributed by atoms with Crippen molar-refractivity contribution in [2.24, 2.45) is 0 Å². The van der Waals surface area contributed by atoms with Crippen LogP contribution in [0.25, 0.3) is 0 Å². The highest BCUT2D eigenvalue weighted by atomic mass is 16.8. The number of hydrogen-bond donors (Lipinski definition) is 25. The fourth-order valence-corrected chi connectivity index (χ4v) is 16.9. The lowest BCUT2D eigenvalue weighted by atomic mass is 9.88. The van der Waals surface area contributed by atoms with Crippen molar-refractivity contribution in [2.45, 2.75) is 435 Å². The average Bonchev–Trinajstić information content (AvgIpc) is 0.749. The van der Waals surface area contributed by atoms with E-state index >= 15 is 0 Å². The van der Waals surface area contributed by atoms with Gasteiger partial charge in [-0.15, -0.1) is 0 Å². The molecule has 0 aromatic rings. The number of carboxylic acid groups (broad SMARTS) is 2. The first-order chi connectivity index (χ1) is 60.6. The summed E-state index contributed by atoms with van der Waals surface area (Å²) in [5, 5.41) is 247. The van der Waals surface area contributed by atoms with E-state index in [1.54, 1.807) is 6.08 Å². The number of ether oxygens (including phenoxy) is 12. The molecule has 43 heteroatoms. The van der Waals surface area contributed by atoms with Gasteiger partial charge in [0.25, 0.3) is 11.6 Å². The number of aliphatic hydroxyl groups excluding tert-OH is 19. The number of hydrogen-bond acceptors (Lipinski definition) is 37. The van der Waals surface area contributed by atoms with Crippen molar-refractivity contribution in [1.29, 1.82) is 0 Å². The van der Waals surface area contributed by atoms with Gasteiger partial charge in [-0.3, -0.25) is 19.2 Å². The van der Waals surface area contributed by atoms with Gasteiger partial charge in [-0.25, -0.2) is 9.59 Å². The maximum absolute atomic E-state index is 14.0. The molecule has 738 valence electrons. The Morgan fingerprint density at radius 1 is 0.409 bits per heavy atom. The molecular formula is C84H148N4O39. The Labute approximate surface area is 740 Å². The van der Waals surface area contributed by atoms with E-state index < -0.39 is 302 Å². The minimum Gasteiger partial charge on any atom is -0.477 e. The van der Waals surface area contributed by atoms with Gasteiger partial charge in [0.15, 0.2) is 25.2 Å². The normalized spacial score (nSPS) is 35.1. The van der Waals surface area contributed by atoms with E-state index in [0.29, 0.717) is 12.8 Å². The molecule has 6 fully saturated rings. The summed E-state index contributed by atoms with van der Waals surface area (Å²) in [6, 6.07) is -6.94. The van der Waals surface area contributed by atoms with Gasteiger partial charge >= 0.3 is 11.9 Å². The summed E-state index contributed by atoms with van der Waals surface area (Å²) in [7, 11) is 0. The third-order valence-corrected chi connectivity index (χ3v) is 24.1. The molecule has 6 saturated heterocycles. The molecule has 0 saturated carbocycles. The van der Waals surface area contributed by atoms with Crippen LogP contribution in [0.4, 0.5) is 0 Å². The van der Waals surface area contributed by atoms with Crippen molar-refractivity contribution in [2.75, 3.05) is 46.2 Å². The van der Waals surface area contributed by atoms with Crippen molar-refractivity contribution in [3.63, 3.8) is 0 Å². The first-order valence-corrected chi connectivity index (χ1v) is 45.2. The van der Waals surface area contributed by atoms with Crippen molar-refractivity contribution in [3.8, 4) is 0 Å². The lowest BCUT2D eigenvalue weighted by molar-refractivity contribution is -0.405. The Morgan fingerprint density at radius 3 is 1.20 bits per heavy atom. The quantitative estimate of drug-likeness (QED) is 0.0205. The molecule has 6 aliphatic rings. The van der Waals surface area contributed by atoms with Crippen LogP contribution in [0.2, 0.25) is 0 Å². The highest BCUT2D eigenvalue weighted by molar-refractivity contribution is 5.78. The van der Waals surface area contributed by atoms with Crippen molar-refractivity contribution in [3.05, 3.63) is 12.2 Å². The molecule has 43 nitrogen and oxygen atoms in total. The van der Waals surface area contributed by atoms with E-state index in [1.807, 2.05) is 0 Å². The summed E-state index contributed by atoms with van der Waals surface area (Å²) in [5.74, 6) is -14.5. The fraction of sp³-hybridized carbons (Fsp3) is 0.905. The molecule has 0 spiro atoms. The van der Waals surface area contributed by atoms with Crippen LogP contribution in [0.1, 0.15) is 227 Å². The van der Waals surface area contributed by atoms with Crippen LogP contribution >= 0.6 is 0 Å². The minimum atomic E-state index is -3.50. The third kappa shape index (κ3) is 32.6. The SMILES string of the molecule is CCCCCCCCCCCCCC=C[C@@H](O)[C@H](CO[C@@H]1O[C@H](CO)[C@@H](O[C@@H]2O[C@H](CO)[C@H](O[C@@H]3O[C@H](CO)[C@H](O)[C@H](O[C@@H]4O[C@H](CO)[C@H](O)[C@H](O[C@]5(C(=O)O)C[C@H](O)[C@@H](NC(C)=O)[C@H]([C@H](O)[C@H](O)CO)O5)[C@H]4O)[C@H]3NC(C)=O)[C@H](O[C@]3(C(=O)O)C[C@H](O)[C@@H](NC(C)=O)[C@H]([C@H](O)[C@H](O)CO)O3)[C@H]2O)[C@H](O)[C@H]1O)NC(=O)CCCCCCCCCCCCCCCCC. The van der Waals surface area contributed by atoms with Crippen molar-refractivity contribution < 1.29 is 193 Å². The molecule has 0 aromatic carbocycles. The Kier molecular flexibility index (Phi) is 49.4. The molecule has 6 rings (SSSR count). The molecule has 6 aliphatic heterocycles. The number of nitrogens with one attached hydrogen (secondary N) is 4. The van der Waals surface area contributed by atoms with Crippen LogP contribution in [-0.4, -0.2) is 396 Å². The van der Waals surface area contributed by atoms with Crippen LogP contribution in [0, 0.1) is 0 Å². The zero-order valence-electron chi connectivity index (χ0n) is 73.5. The van der Waals surface area contributed by atoms with E-state index in [0.717, 1.165) is 85.0 Å². The number of aliphatic hydroxyl groups is 19. The molecule has 34 atom stereocenters. The number of aliphatic carboxylic acids is 2. The molecule has 0 unspecified atom stereocenters. The maximum Gasteiger partial charge on any atom is 0.364 e. The first-order valence-electron chi connectivity index (χ1n) is 45.2.